The summed E-state index contributed by atoms with van der Waals surface area (Å²) in [6, 6.07) is 9.67. The molecule has 0 spiro atoms. The first-order chi connectivity index (χ1) is 13.0. The zero-order valence-electron chi connectivity index (χ0n) is 14.5. The number of carbonyl (C=O) groups excluding carboxylic acids is 1. The van der Waals surface area contributed by atoms with Gasteiger partial charge in [-0.2, -0.15) is 0 Å². The van der Waals surface area contributed by atoms with Crippen LogP contribution in [0.15, 0.2) is 64.7 Å². The van der Waals surface area contributed by atoms with E-state index in [9.17, 15) is 13.2 Å². The number of carbonyl (C=O) groups is 1. The third-order valence-corrected chi connectivity index (χ3v) is 6.60. The van der Waals surface area contributed by atoms with Crippen molar-refractivity contribution < 1.29 is 13.2 Å². The molecule has 3 aromatic rings. The molecule has 1 aromatic carbocycles. The molecule has 2 heterocycles. The summed E-state index contributed by atoms with van der Waals surface area (Å²) in [5, 5.41) is 4.56. The molecule has 0 radical (unpaired) electrons. The lowest BCUT2D eigenvalue weighted by atomic mass is 10.2. The van der Waals surface area contributed by atoms with E-state index in [1.807, 2.05) is 10.8 Å². The van der Waals surface area contributed by atoms with E-state index in [1.54, 1.807) is 42.2 Å². The number of thiophene rings is 1. The van der Waals surface area contributed by atoms with Gasteiger partial charge in [-0.1, -0.05) is 12.1 Å². The third-order valence-electron chi connectivity index (χ3n) is 3.82. The van der Waals surface area contributed by atoms with Crippen LogP contribution in [-0.4, -0.2) is 30.4 Å². The standard InChI is InChI=1S/C18H20N4O3S2/c23-18(20-8-1-2-10-22-11-9-19-14-22)15-5-3-6-16(13-15)21-27(24,25)17-7-4-12-26-17/h3-7,9,11-14,21H,1-2,8,10H2,(H,20,23). The number of aromatic nitrogens is 2. The average Bonchev–Trinajstić information content (AvgIpc) is 3.35. The quantitative estimate of drug-likeness (QED) is 0.536. The number of unbranched alkanes of at least 4 members (excludes halogenated alkanes) is 1. The second-order valence-electron chi connectivity index (χ2n) is 5.88. The van der Waals surface area contributed by atoms with Gasteiger partial charge in [0.1, 0.15) is 4.21 Å². The minimum Gasteiger partial charge on any atom is -0.352 e. The van der Waals surface area contributed by atoms with Crippen LogP contribution in [0.3, 0.4) is 0 Å². The normalized spacial score (nSPS) is 11.3. The van der Waals surface area contributed by atoms with Crippen molar-refractivity contribution in [1.82, 2.24) is 14.9 Å². The van der Waals surface area contributed by atoms with Crippen molar-refractivity contribution in [3.63, 3.8) is 0 Å². The van der Waals surface area contributed by atoms with Crippen molar-refractivity contribution in [3.8, 4) is 0 Å². The number of imidazole rings is 1. The largest absolute Gasteiger partial charge is 0.352 e. The van der Waals surface area contributed by atoms with Crippen LogP contribution >= 0.6 is 11.3 Å². The smallest absolute Gasteiger partial charge is 0.271 e. The predicted molar refractivity (Wildman–Crippen MR) is 105 cm³/mol. The maximum absolute atomic E-state index is 12.3. The van der Waals surface area contributed by atoms with Crippen molar-refractivity contribution in [1.29, 1.82) is 0 Å². The summed E-state index contributed by atoms with van der Waals surface area (Å²) in [6.45, 7) is 1.41. The summed E-state index contributed by atoms with van der Waals surface area (Å²) in [5.41, 5.74) is 0.771. The predicted octanol–water partition coefficient (Wildman–Crippen LogP) is 2.96. The lowest BCUT2D eigenvalue weighted by molar-refractivity contribution is 0.0953. The Kier molecular flexibility index (Phi) is 6.25. The summed E-state index contributed by atoms with van der Waals surface area (Å²) in [4.78, 5) is 16.3. The molecule has 0 fully saturated rings. The van der Waals surface area contributed by atoms with Gasteiger partial charge in [0.15, 0.2) is 0 Å². The monoisotopic (exact) mass is 404 g/mol. The minimum atomic E-state index is -3.63. The molecule has 3 rings (SSSR count). The zero-order chi connectivity index (χ0) is 19.1. The number of hydrogen-bond donors (Lipinski definition) is 2. The van der Waals surface area contributed by atoms with E-state index >= 15 is 0 Å². The van der Waals surface area contributed by atoms with E-state index in [1.165, 1.54) is 12.1 Å². The fourth-order valence-electron chi connectivity index (χ4n) is 2.49. The van der Waals surface area contributed by atoms with Crippen molar-refractivity contribution >= 4 is 33.0 Å². The molecular weight excluding hydrogens is 384 g/mol. The number of nitrogens with one attached hydrogen (secondary N) is 2. The zero-order valence-corrected chi connectivity index (χ0v) is 16.2. The van der Waals surface area contributed by atoms with Crippen LogP contribution in [0.5, 0.6) is 0 Å². The van der Waals surface area contributed by atoms with Gasteiger partial charge >= 0.3 is 0 Å². The number of hydrogen-bond acceptors (Lipinski definition) is 5. The number of anilines is 1. The summed E-state index contributed by atoms with van der Waals surface area (Å²) in [7, 11) is -3.63. The Morgan fingerprint density at radius 2 is 2.07 bits per heavy atom. The Balaban J connectivity index is 1.51. The number of benzene rings is 1. The molecule has 7 nitrogen and oxygen atoms in total. The summed E-state index contributed by atoms with van der Waals surface area (Å²) in [5.74, 6) is -0.227. The van der Waals surface area contributed by atoms with Crippen LogP contribution in [0.2, 0.25) is 0 Å². The fourth-order valence-corrected chi connectivity index (χ4v) is 4.53. The highest BCUT2D eigenvalue weighted by molar-refractivity contribution is 7.94. The molecule has 0 aliphatic carbocycles. The van der Waals surface area contributed by atoms with E-state index in [-0.39, 0.29) is 10.1 Å². The van der Waals surface area contributed by atoms with Crippen molar-refractivity contribution in [2.75, 3.05) is 11.3 Å². The summed E-state index contributed by atoms with van der Waals surface area (Å²) >= 11 is 1.14. The van der Waals surface area contributed by atoms with Gasteiger partial charge in [-0.25, -0.2) is 13.4 Å². The number of sulfonamides is 1. The van der Waals surface area contributed by atoms with Crippen LogP contribution in [0.1, 0.15) is 23.2 Å². The summed E-state index contributed by atoms with van der Waals surface area (Å²) < 4.78 is 29.3. The first-order valence-electron chi connectivity index (χ1n) is 8.45. The van der Waals surface area contributed by atoms with E-state index in [0.717, 1.165) is 30.7 Å². The van der Waals surface area contributed by atoms with E-state index in [0.29, 0.717) is 17.8 Å². The van der Waals surface area contributed by atoms with Crippen LogP contribution in [0.4, 0.5) is 5.69 Å². The van der Waals surface area contributed by atoms with Gasteiger partial charge in [0, 0.05) is 36.7 Å². The maximum Gasteiger partial charge on any atom is 0.271 e. The first kappa shape index (κ1) is 19.1. The van der Waals surface area contributed by atoms with E-state index in [2.05, 4.69) is 15.0 Å². The molecule has 0 saturated carbocycles. The SMILES string of the molecule is O=C(NCCCCn1ccnc1)c1cccc(NS(=O)(=O)c2cccs2)c1. The average molecular weight is 405 g/mol. The highest BCUT2D eigenvalue weighted by Gasteiger charge is 2.16. The maximum atomic E-state index is 12.3. The van der Waals surface area contributed by atoms with E-state index < -0.39 is 10.0 Å². The van der Waals surface area contributed by atoms with Gasteiger partial charge < -0.3 is 9.88 Å². The molecule has 0 saturated heterocycles. The molecular formula is C18H20N4O3S2. The van der Waals surface area contributed by atoms with Gasteiger partial charge in [-0.3, -0.25) is 9.52 Å². The Hall–Kier alpha value is -2.65. The van der Waals surface area contributed by atoms with Crippen LogP contribution in [-0.2, 0) is 16.6 Å². The molecule has 9 heteroatoms. The molecule has 1 amide bonds. The molecule has 0 bridgehead atoms. The molecule has 142 valence electrons. The van der Waals surface area contributed by atoms with Crippen LogP contribution in [0.25, 0.3) is 0 Å². The molecule has 2 aromatic heterocycles. The number of nitrogens with zero attached hydrogens (tertiary/aromatic N) is 2. The minimum absolute atomic E-state index is 0.227. The number of amides is 1. The third kappa shape index (κ3) is 5.41. The van der Waals surface area contributed by atoms with Gasteiger partial charge in [0.05, 0.1) is 6.33 Å². The molecule has 2 N–H and O–H groups in total. The molecule has 0 aliphatic heterocycles. The second kappa shape index (κ2) is 8.83. The van der Waals surface area contributed by atoms with Gasteiger partial charge in [-0.15, -0.1) is 11.3 Å². The lowest BCUT2D eigenvalue weighted by Crippen LogP contribution is -2.24. The fraction of sp³-hybridized carbons (Fsp3) is 0.222. The van der Waals surface area contributed by atoms with Gasteiger partial charge in [-0.05, 0) is 42.5 Å². The van der Waals surface area contributed by atoms with Crippen molar-refractivity contribution in [2.45, 2.75) is 23.6 Å². The first-order valence-corrected chi connectivity index (χ1v) is 10.8. The lowest BCUT2D eigenvalue weighted by Gasteiger charge is -2.09. The molecule has 0 unspecified atom stereocenters. The number of rotatable bonds is 9. The van der Waals surface area contributed by atoms with Crippen molar-refractivity contribution in [2.24, 2.45) is 0 Å². The Morgan fingerprint density at radius 3 is 2.81 bits per heavy atom. The molecule has 0 atom stereocenters. The van der Waals surface area contributed by atoms with Crippen LogP contribution < -0.4 is 10.0 Å². The Labute approximate surface area is 162 Å². The molecule has 0 aliphatic rings. The Morgan fingerprint density at radius 1 is 1.19 bits per heavy atom. The van der Waals surface area contributed by atoms with Crippen LogP contribution in [0, 0.1) is 0 Å². The highest BCUT2D eigenvalue weighted by atomic mass is 32.2. The van der Waals surface area contributed by atoms with E-state index in [4.69, 9.17) is 0 Å². The van der Waals surface area contributed by atoms with Gasteiger partial charge in [0.25, 0.3) is 15.9 Å². The Bertz CT molecular complexity index is 968. The van der Waals surface area contributed by atoms with Gasteiger partial charge in [0.2, 0.25) is 0 Å². The molecule has 27 heavy (non-hydrogen) atoms. The topological polar surface area (TPSA) is 93.1 Å². The summed E-state index contributed by atoms with van der Waals surface area (Å²) in [6.07, 6.45) is 7.18. The van der Waals surface area contributed by atoms with Crippen molar-refractivity contribution in [3.05, 3.63) is 66.1 Å². The highest BCUT2D eigenvalue weighted by Crippen LogP contribution is 2.20. The second-order valence-corrected chi connectivity index (χ2v) is 8.74. The number of aryl methyl sites for hydroxylation is 1.